The van der Waals surface area contributed by atoms with Gasteiger partial charge in [-0.3, -0.25) is 0 Å². The molecule has 0 saturated heterocycles. The number of methoxy groups -OCH3 is 1. The lowest BCUT2D eigenvalue weighted by atomic mass is 10.1. The third-order valence-electron chi connectivity index (χ3n) is 2.83. The summed E-state index contributed by atoms with van der Waals surface area (Å²) in [5.41, 5.74) is 9.88. The summed E-state index contributed by atoms with van der Waals surface area (Å²) in [6.45, 7) is 2.85. The van der Waals surface area contributed by atoms with Crippen LogP contribution in [-0.4, -0.2) is 7.11 Å². The standard InChI is InChI=1S/C15H18N2O/c1-11-3-5-12(6-4-11)10-17-14-8-7-13(16)9-15(14)18-2/h3-9,17H,10,16H2,1-2H3. The number of ether oxygens (including phenoxy) is 1. The number of hydrogen-bond donors (Lipinski definition) is 2. The summed E-state index contributed by atoms with van der Waals surface area (Å²) in [6, 6.07) is 14.1. The van der Waals surface area contributed by atoms with E-state index in [-0.39, 0.29) is 0 Å². The van der Waals surface area contributed by atoms with Crippen molar-refractivity contribution in [2.24, 2.45) is 0 Å². The van der Waals surface area contributed by atoms with Crippen molar-refractivity contribution in [2.75, 3.05) is 18.2 Å². The maximum atomic E-state index is 5.72. The van der Waals surface area contributed by atoms with Gasteiger partial charge in [0.15, 0.2) is 0 Å². The molecule has 3 nitrogen and oxygen atoms in total. The molecule has 0 spiro atoms. The summed E-state index contributed by atoms with van der Waals surface area (Å²) in [5.74, 6) is 0.766. The van der Waals surface area contributed by atoms with E-state index in [4.69, 9.17) is 10.5 Å². The Labute approximate surface area is 108 Å². The monoisotopic (exact) mass is 242 g/mol. The highest BCUT2D eigenvalue weighted by Gasteiger charge is 2.02. The van der Waals surface area contributed by atoms with Gasteiger partial charge in [-0.25, -0.2) is 0 Å². The maximum Gasteiger partial charge on any atom is 0.144 e. The number of nitrogen functional groups attached to an aromatic ring is 1. The number of rotatable bonds is 4. The first-order valence-corrected chi connectivity index (χ1v) is 5.92. The average Bonchev–Trinajstić information content (AvgIpc) is 2.39. The van der Waals surface area contributed by atoms with E-state index in [2.05, 4.69) is 36.5 Å². The minimum absolute atomic E-state index is 0.702. The fraction of sp³-hybridized carbons (Fsp3) is 0.200. The zero-order valence-corrected chi connectivity index (χ0v) is 10.7. The number of hydrogen-bond acceptors (Lipinski definition) is 3. The Morgan fingerprint density at radius 3 is 2.50 bits per heavy atom. The Morgan fingerprint density at radius 1 is 1.11 bits per heavy atom. The summed E-state index contributed by atoms with van der Waals surface area (Å²) in [6.07, 6.45) is 0. The van der Waals surface area contributed by atoms with Gasteiger partial charge in [0.25, 0.3) is 0 Å². The highest BCUT2D eigenvalue weighted by atomic mass is 16.5. The maximum absolute atomic E-state index is 5.72. The molecule has 3 heteroatoms. The number of nitrogens with two attached hydrogens (primary N) is 1. The van der Waals surface area contributed by atoms with Gasteiger partial charge in [0.05, 0.1) is 12.8 Å². The van der Waals surface area contributed by atoms with E-state index in [1.807, 2.05) is 18.2 Å². The number of nitrogens with one attached hydrogen (secondary N) is 1. The Kier molecular flexibility index (Phi) is 3.72. The SMILES string of the molecule is COc1cc(N)ccc1NCc1ccc(C)cc1. The molecule has 0 amide bonds. The number of aryl methyl sites for hydroxylation is 1. The van der Waals surface area contributed by atoms with Crippen molar-refractivity contribution in [3.8, 4) is 5.75 Å². The van der Waals surface area contributed by atoms with Gasteiger partial charge in [0, 0.05) is 18.3 Å². The molecule has 0 atom stereocenters. The third-order valence-corrected chi connectivity index (χ3v) is 2.83. The normalized spacial score (nSPS) is 10.1. The second kappa shape index (κ2) is 5.45. The van der Waals surface area contributed by atoms with Crippen LogP contribution in [0.4, 0.5) is 11.4 Å². The van der Waals surface area contributed by atoms with Crippen molar-refractivity contribution in [3.63, 3.8) is 0 Å². The van der Waals surface area contributed by atoms with Crippen LogP contribution in [0, 0.1) is 6.92 Å². The first-order valence-electron chi connectivity index (χ1n) is 5.92. The third kappa shape index (κ3) is 2.94. The Hall–Kier alpha value is -2.16. The first kappa shape index (κ1) is 12.3. The average molecular weight is 242 g/mol. The van der Waals surface area contributed by atoms with Gasteiger partial charge in [-0.2, -0.15) is 0 Å². The fourth-order valence-electron chi connectivity index (χ4n) is 1.76. The van der Waals surface area contributed by atoms with Crippen molar-refractivity contribution in [2.45, 2.75) is 13.5 Å². The molecule has 2 rings (SSSR count). The van der Waals surface area contributed by atoms with Crippen molar-refractivity contribution in [1.29, 1.82) is 0 Å². The zero-order valence-electron chi connectivity index (χ0n) is 10.7. The Balaban J connectivity index is 2.08. The van der Waals surface area contributed by atoms with Crippen LogP contribution in [-0.2, 0) is 6.54 Å². The molecule has 2 aromatic carbocycles. The van der Waals surface area contributed by atoms with Gasteiger partial charge in [0.1, 0.15) is 5.75 Å². The van der Waals surface area contributed by atoms with E-state index in [1.165, 1.54) is 11.1 Å². The lowest BCUT2D eigenvalue weighted by Gasteiger charge is -2.12. The van der Waals surface area contributed by atoms with E-state index in [1.54, 1.807) is 7.11 Å². The van der Waals surface area contributed by atoms with Crippen LogP contribution in [0.25, 0.3) is 0 Å². The van der Waals surface area contributed by atoms with Crippen LogP contribution >= 0.6 is 0 Å². The highest BCUT2D eigenvalue weighted by Crippen LogP contribution is 2.26. The predicted octanol–water partition coefficient (Wildman–Crippen LogP) is 3.20. The zero-order chi connectivity index (χ0) is 13.0. The van der Waals surface area contributed by atoms with Gasteiger partial charge in [-0.1, -0.05) is 29.8 Å². The van der Waals surface area contributed by atoms with Crippen LogP contribution in [0.1, 0.15) is 11.1 Å². The molecule has 2 aromatic rings. The van der Waals surface area contributed by atoms with Crippen molar-refractivity contribution in [3.05, 3.63) is 53.6 Å². The van der Waals surface area contributed by atoms with Crippen LogP contribution in [0.5, 0.6) is 5.75 Å². The molecular weight excluding hydrogens is 224 g/mol. The molecule has 0 aliphatic rings. The van der Waals surface area contributed by atoms with Gasteiger partial charge < -0.3 is 15.8 Å². The second-order valence-electron chi connectivity index (χ2n) is 4.30. The fourth-order valence-corrected chi connectivity index (χ4v) is 1.76. The molecule has 3 N–H and O–H groups in total. The molecule has 0 aliphatic carbocycles. The molecule has 94 valence electrons. The molecule has 0 radical (unpaired) electrons. The van der Waals surface area contributed by atoms with Crippen LogP contribution in [0.3, 0.4) is 0 Å². The quantitative estimate of drug-likeness (QED) is 0.809. The molecule has 18 heavy (non-hydrogen) atoms. The minimum Gasteiger partial charge on any atom is -0.495 e. The van der Waals surface area contributed by atoms with Crippen LogP contribution in [0.2, 0.25) is 0 Å². The van der Waals surface area contributed by atoms with Gasteiger partial charge in [-0.05, 0) is 24.6 Å². The van der Waals surface area contributed by atoms with Gasteiger partial charge in [-0.15, -0.1) is 0 Å². The summed E-state index contributed by atoms with van der Waals surface area (Å²) in [5, 5.41) is 3.35. The van der Waals surface area contributed by atoms with Gasteiger partial charge in [0.2, 0.25) is 0 Å². The number of anilines is 2. The van der Waals surface area contributed by atoms with E-state index < -0.39 is 0 Å². The molecule has 0 fully saturated rings. The molecule has 0 unspecified atom stereocenters. The second-order valence-corrected chi connectivity index (χ2v) is 4.30. The van der Waals surface area contributed by atoms with Crippen molar-refractivity contribution in [1.82, 2.24) is 0 Å². The van der Waals surface area contributed by atoms with Gasteiger partial charge >= 0.3 is 0 Å². The first-order chi connectivity index (χ1) is 8.69. The molecular formula is C15H18N2O. The van der Waals surface area contributed by atoms with Crippen LogP contribution in [0.15, 0.2) is 42.5 Å². The van der Waals surface area contributed by atoms with Crippen molar-refractivity contribution >= 4 is 11.4 Å². The van der Waals surface area contributed by atoms with E-state index in [0.29, 0.717) is 5.69 Å². The van der Waals surface area contributed by atoms with E-state index >= 15 is 0 Å². The van der Waals surface area contributed by atoms with E-state index in [9.17, 15) is 0 Å². The highest BCUT2D eigenvalue weighted by molar-refractivity contribution is 5.62. The molecule has 0 aromatic heterocycles. The molecule has 0 heterocycles. The lowest BCUT2D eigenvalue weighted by molar-refractivity contribution is 0.416. The van der Waals surface area contributed by atoms with Crippen LogP contribution < -0.4 is 15.8 Å². The lowest BCUT2D eigenvalue weighted by Crippen LogP contribution is -2.01. The molecule has 0 bridgehead atoms. The predicted molar refractivity (Wildman–Crippen MR) is 75.9 cm³/mol. The largest absolute Gasteiger partial charge is 0.495 e. The Bertz CT molecular complexity index is 521. The Morgan fingerprint density at radius 2 is 1.83 bits per heavy atom. The molecule has 0 saturated carbocycles. The summed E-state index contributed by atoms with van der Waals surface area (Å²) in [4.78, 5) is 0. The molecule has 0 aliphatic heterocycles. The summed E-state index contributed by atoms with van der Waals surface area (Å²) >= 11 is 0. The van der Waals surface area contributed by atoms with E-state index in [0.717, 1.165) is 18.0 Å². The smallest absolute Gasteiger partial charge is 0.144 e. The van der Waals surface area contributed by atoms with Crippen molar-refractivity contribution < 1.29 is 4.74 Å². The summed E-state index contributed by atoms with van der Waals surface area (Å²) < 4.78 is 5.29. The topological polar surface area (TPSA) is 47.3 Å². The number of benzene rings is 2. The summed E-state index contributed by atoms with van der Waals surface area (Å²) in [7, 11) is 1.64. The minimum atomic E-state index is 0.702.